The van der Waals surface area contributed by atoms with E-state index in [9.17, 15) is 0 Å². The fourth-order valence-corrected chi connectivity index (χ4v) is 2.57. The van der Waals surface area contributed by atoms with E-state index in [0.717, 1.165) is 43.1 Å². The molecule has 0 amide bonds. The van der Waals surface area contributed by atoms with E-state index in [4.69, 9.17) is 15.9 Å². The molecule has 4 heteroatoms. The summed E-state index contributed by atoms with van der Waals surface area (Å²) in [4.78, 5) is 2.34. The van der Waals surface area contributed by atoms with Gasteiger partial charge in [-0.25, -0.2) is 0 Å². The number of fused-ring (bicyclic) bond motifs is 1. The van der Waals surface area contributed by atoms with Gasteiger partial charge in [0.15, 0.2) is 0 Å². The maximum Gasteiger partial charge on any atom is 0.142 e. The lowest BCUT2D eigenvalue weighted by Crippen LogP contribution is -2.23. The minimum atomic E-state index is 0.107. The zero-order valence-electron chi connectivity index (χ0n) is 11.9. The molecule has 0 fully saturated rings. The van der Waals surface area contributed by atoms with Gasteiger partial charge in [0.25, 0.3) is 0 Å². The van der Waals surface area contributed by atoms with Crippen LogP contribution in [0.4, 0.5) is 5.69 Å². The van der Waals surface area contributed by atoms with Gasteiger partial charge in [-0.05, 0) is 24.1 Å². The smallest absolute Gasteiger partial charge is 0.142 e. The zero-order chi connectivity index (χ0) is 14.7. The van der Waals surface area contributed by atoms with E-state index >= 15 is 0 Å². The van der Waals surface area contributed by atoms with Gasteiger partial charge in [0, 0.05) is 18.7 Å². The van der Waals surface area contributed by atoms with Crippen molar-refractivity contribution in [1.82, 2.24) is 0 Å². The Morgan fingerprint density at radius 3 is 2.67 bits per heavy atom. The second-order valence-electron chi connectivity index (χ2n) is 5.20. The number of ether oxygens (including phenoxy) is 1. The molecule has 1 aliphatic heterocycles. The van der Waals surface area contributed by atoms with Gasteiger partial charge in [-0.3, -0.25) is 5.41 Å². The van der Waals surface area contributed by atoms with Crippen molar-refractivity contribution in [2.24, 2.45) is 5.73 Å². The lowest BCUT2D eigenvalue weighted by molar-refractivity contribution is 0.322. The van der Waals surface area contributed by atoms with Gasteiger partial charge in [0.1, 0.15) is 11.6 Å². The maximum absolute atomic E-state index is 7.44. The first-order valence-electron chi connectivity index (χ1n) is 7.14. The summed E-state index contributed by atoms with van der Waals surface area (Å²) in [5, 5.41) is 7.44. The SMILES string of the molecule is N=C(N)c1ccc(CN2CCCOc3ccccc32)cc1. The Hall–Kier alpha value is -2.49. The van der Waals surface area contributed by atoms with Gasteiger partial charge < -0.3 is 15.4 Å². The lowest BCUT2D eigenvalue weighted by Gasteiger charge is -2.24. The molecule has 0 bridgehead atoms. The molecule has 0 aliphatic carbocycles. The standard InChI is InChI=1S/C17H19N3O/c18-17(19)14-8-6-13(7-9-14)12-20-10-3-11-21-16-5-2-1-4-15(16)20/h1-2,4-9H,3,10-12H2,(H3,18,19). The van der Waals surface area contributed by atoms with Crippen molar-refractivity contribution in [1.29, 1.82) is 5.41 Å². The van der Waals surface area contributed by atoms with E-state index in [0.29, 0.717) is 0 Å². The van der Waals surface area contributed by atoms with Gasteiger partial charge in [0.05, 0.1) is 12.3 Å². The van der Waals surface area contributed by atoms with E-state index in [2.05, 4.69) is 11.0 Å². The summed E-state index contributed by atoms with van der Waals surface area (Å²) in [6.07, 6.45) is 1.01. The molecule has 0 radical (unpaired) electrons. The summed E-state index contributed by atoms with van der Waals surface area (Å²) in [6.45, 7) is 2.57. The van der Waals surface area contributed by atoms with Gasteiger partial charge in [-0.1, -0.05) is 36.4 Å². The predicted molar refractivity (Wildman–Crippen MR) is 85.1 cm³/mol. The number of nitrogens with two attached hydrogens (primary N) is 1. The zero-order valence-corrected chi connectivity index (χ0v) is 11.9. The number of para-hydroxylation sites is 2. The van der Waals surface area contributed by atoms with Crippen LogP contribution in [-0.4, -0.2) is 19.0 Å². The van der Waals surface area contributed by atoms with E-state index in [1.165, 1.54) is 5.56 Å². The number of anilines is 1. The molecule has 0 spiro atoms. The topological polar surface area (TPSA) is 62.3 Å². The minimum Gasteiger partial charge on any atom is -0.491 e. The molecule has 0 atom stereocenters. The molecule has 4 nitrogen and oxygen atoms in total. The number of benzene rings is 2. The summed E-state index contributed by atoms with van der Waals surface area (Å²) in [5.41, 5.74) is 8.60. The third kappa shape index (κ3) is 2.99. The van der Waals surface area contributed by atoms with Crippen molar-refractivity contribution in [2.45, 2.75) is 13.0 Å². The average Bonchev–Trinajstić information content (AvgIpc) is 2.71. The Morgan fingerprint density at radius 2 is 1.90 bits per heavy atom. The van der Waals surface area contributed by atoms with Crippen LogP contribution in [0.3, 0.4) is 0 Å². The summed E-state index contributed by atoms with van der Waals surface area (Å²) >= 11 is 0. The van der Waals surface area contributed by atoms with Gasteiger partial charge in [0.2, 0.25) is 0 Å². The molecule has 0 unspecified atom stereocenters. The van der Waals surface area contributed by atoms with E-state index in [-0.39, 0.29) is 5.84 Å². The summed E-state index contributed by atoms with van der Waals surface area (Å²) < 4.78 is 5.78. The first-order chi connectivity index (χ1) is 10.2. The fourth-order valence-electron chi connectivity index (χ4n) is 2.57. The molecule has 0 aromatic heterocycles. The Balaban J connectivity index is 1.82. The molecule has 3 rings (SSSR count). The molecule has 1 aliphatic rings. The highest BCUT2D eigenvalue weighted by atomic mass is 16.5. The molecule has 21 heavy (non-hydrogen) atoms. The lowest BCUT2D eigenvalue weighted by atomic mass is 10.1. The van der Waals surface area contributed by atoms with Crippen LogP contribution < -0.4 is 15.4 Å². The Kier molecular flexibility index (Phi) is 3.77. The monoisotopic (exact) mass is 281 g/mol. The van der Waals surface area contributed by atoms with E-state index < -0.39 is 0 Å². The molecule has 3 N–H and O–H groups in total. The van der Waals surface area contributed by atoms with Gasteiger partial charge >= 0.3 is 0 Å². The van der Waals surface area contributed by atoms with Crippen molar-refractivity contribution in [2.75, 3.05) is 18.1 Å². The van der Waals surface area contributed by atoms with Crippen LogP contribution in [0.1, 0.15) is 17.5 Å². The number of hydrogen-bond acceptors (Lipinski definition) is 3. The molecule has 2 aromatic rings. The Labute approximate surface area is 124 Å². The van der Waals surface area contributed by atoms with Crippen LogP contribution in [0.25, 0.3) is 0 Å². The highest BCUT2D eigenvalue weighted by Gasteiger charge is 2.15. The van der Waals surface area contributed by atoms with Gasteiger partial charge in [-0.15, -0.1) is 0 Å². The third-order valence-electron chi connectivity index (χ3n) is 3.67. The highest BCUT2D eigenvalue weighted by Crippen LogP contribution is 2.31. The van der Waals surface area contributed by atoms with Crippen LogP contribution in [0, 0.1) is 5.41 Å². The van der Waals surface area contributed by atoms with E-state index in [1.807, 2.05) is 42.5 Å². The van der Waals surface area contributed by atoms with Crippen LogP contribution in [0.2, 0.25) is 0 Å². The van der Waals surface area contributed by atoms with Crippen LogP contribution in [0.5, 0.6) is 5.75 Å². The van der Waals surface area contributed by atoms with Crippen molar-refractivity contribution in [3.05, 3.63) is 59.7 Å². The normalized spacial score (nSPS) is 14.0. The van der Waals surface area contributed by atoms with Crippen molar-refractivity contribution in [3.63, 3.8) is 0 Å². The number of rotatable bonds is 3. The fraction of sp³-hybridized carbons (Fsp3) is 0.235. The third-order valence-corrected chi connectivity index (χ3v) is 3.67. The second kappa shape index (κ2) is 5.87. The second-order valence-corrected chi connectivity index (χ2v) is 5.20. The Bertz CT molecular complexity index is 637. The molecule has 0 saturated heterocycles. The van der Waals surface area contributed by atoms with Crippen molar-refractivity contribution < 1.29 is 4.74 Å². The minimum absolute atomic E-state index is 0.107. The van der Waals surface area contributed by atoms with Crippen LogP contribution >= 0.6 is 0 Å². The molecule has 0 saturated carbocycles. The largest absolute Gasteiger partial charge is 0.491 e. The van der Waals surface area contributed by atoms with Crippen LogP contribution in [-0.2, 0) is 6.54 Å². The number of hydrogen-bond donors (Lipinski definition) is 2. The maximum atomic E-state index is 7.44. The molecule has 108 valence electrons. The predicted octanol–water partition coefficient (Wildman–Crippen LogP) is 2.76. The number of nitrogens with zero attached hydrogens (tertiary/aromatic N) is 1. The highest BCUT2D eigenvalue weighted by molar-refractivity contribution is 5.94. The number of nitrogen functional groups attached to an aromatic ring is 1. The first kappa shape index (κ1) is 13.5. The summed E-state index contributed by atoms with van der Waals surface area (Å²) in [5.74, 6) is 1.06. The summed E-state index contributed by atoms with van der Waals surface area (Å²) in [6, 6.07) is 16.0. The van der Waals surface area contributed by atoms with Gasteiger partial charge in [-0.2, -0.15) is 0 Å². The van der Waals surface area contributed by atoms with Crippen molar-refractivity contribution in [3.8, 4) is 5.75 Å². The van der Waals surface area contributed by atoms with Crippen molar-refractivity contribution >= 4 is 11.5 Å². The molecule has 2 aromatic carbocycles. The quantitative estimate of drug-likeness (QED) is 0.671. The molecular formula is C17H19N3O. The van der Waals surface area contributed by atoms with E-state index in [1.54, 1.807) is 0 Å². The number of nitrogens with one attached hydrogen (secondary N) is 1. The summed E-state index contributed by atoms with van der Waals surface area (Å²) in [7, 11) is 0. The van der Waals surface area contributed by atoms with Crippen LogP contribution in [0.15, 0.2) is 48.5 Å². The molecular weight excluding hydrogens is 262 g/mol. The average molecular weight is 281 g/mol. The Morgan fingerprint density at radius 1 is 1.14 bits per heavy atom. The first-order valence-corrected chi connectivity index (χ1v) is 7.14. The number of amidine groups is 1. The molecule has 1 heterocycles.